The molecule has 0 atom stereocenters. The zero-order valence-corrected chi connectivity index (χ0v) is 25.2. The van der Waals surface area contributed by atoms with Crippen LogP contribution < -0.4 is 25.4 Å². The molecule has 1 N–H and O–H groups in total. The zero-order chi connectivity index (χ0) is 30.1. The van der Waals surface area contributed by atoms with E-state index in [0.717, 1.165) is 38.3 Å². The molecule has 43 heavy (non-hydrogen) atoms. The van der Waals surface area contributed by atoms with Crippen molar-refractivity contribution in [3.05, 3.63) is 70.7 Å². The summed E-state index contributed by atoms with van der Waals surface area (Å²) in [5.74, 6) is 0.946. The highest BCUT2D eigenvalue weighted by atomic mass is 16.5. The second-order valence-electron chi connectivity index (χ2n) is 11.1. The molecule has 4 heterocycles. The van der Waals surface area contributed by atoms with Crippen molar-refractivity contribution in [2.24, 2.45) is 0 Å². The lowest BCUT2D eigenvalue weighted by Gasteiger charge is -2.35. The van der Waals surface area contributed by atoms with Crippen molar-refractivity contribution in [3.8, 4) is 11.4 Å². The number of benzene rings is 2. The summed E-state index contributed by atoms with van der Waals surface area (Å²) in [7, 11) is 2.16. The van der Waals surface area contributed by atoms with E-state index in [4.69, 9.17) is 9.72 Å². The topological polar surface area (TPSA) is 101 Å². The molecule has 2 aromatic heterocycles. The summed E-state index contributed by atoms with van der Waals surface area (Å²) in [6.45, 7) is 11.1. The Labute approximate surface area is 251 Å². The van der Waals surface area contributed by atoms with Crippen LogP contribution in [0.15, 0.2) is 59.5 Å². The number of anilines is 4. The van der Waals surface area contributed by atoms with Crippen LogP contribution in [0.25, 0.3) is 16.7 Å². The number of hydrogen-bond acceptors (Lipinski definition) is 8. The van der Waals surface area contributed by atoms with Crippen LogP contribution in [-0.4, -0.2) is 76.5 Å². The summed E-state index contributed by atoms with van der Waals surface area (Å²) in [6, 6.07) is 11.9. The Bertz CT molecular complexity index is 1750. The summed E-state index contributed by atoms with van der Waals surface area (Å²) >= 11 is 0. The largest absolute Gasteiger partial charge is 0.482 e. The number of amides is 1. The van der Waals surface area contributed by atoms with Crippen LogP contribution in [0, 0.1) is 6.92 Å². The molecule has 0 unspecified atom stereocenters. The molecule has 6 rings (SSSR count). The molecule has 4 aromatic rings. The van der Waals surface area contributed by atoms with E-state index < -0.39 is 0 Å². The number of nitrogens with one attached hydrogen (secondary N) is 1. The van der Waals surface area contributed by atoms with E-state index in [1.54, 1.807) is 20.5 Å². The van der Waals surface area contributed by atoms with Gasteiger partial charge in [-0.05, 0) is 69.3 Å². The van der Waals surface area contributed by atoms with Gasteiger partial charge in [0, 0.05) is 50.3 Å². The van der Waals surface area contributed by atoms with E-state index in [9.17, 15) is 9.59 Å². The first-order valence-corrected chi connectivity index (χ1v) is 14.9. The molecule has 11 heteroatoms. The Morgan fingerprint density at radius 1 is 1.05 bits per heavy atom. The monoisotopic (exact) mass is 582 g/mol. The van der Waals surface area contributed by atoms with Crippen LogP contribution in [-0.2, 0) is 11.3 Å². The van der Waals surface area contributed by atoms with Crippen LogP contribution in [0.3, 0.4) is 0 Å². The average Bonchev–Trinajstić information content (AvgIpc) is 3.28. The van der Waals surface area contributed by atoms with E-state index in [1.807, 2.05) is 50.3 Å². The maximum atomic E-state index is 13.6. The van der Waals surface area contributed by atoms with Gasteiger partial charge in [-0.2, -0.15) is 4.98 Å². The van der Waals surface area contributed by atoms with E-state index in [1.165, 1.54) is 11.3 Å². The number of carbonyl (C=O) groups excluding carboxylic acids is 1. The number of carbonyl (C=O) groups is 1. The molecule has 2 aliphatic heterocycles. The van der Waals surface area contributed by atoms with Gasteiger partial charge >= 0.3 is 0 Å². The second kappa shape index (κ2) is 11.9. The highest BCUT2D eigenvalue weighted by Crippen LogP contribution is 2.35. The van der Waals surface area contributed by atoms with Gasteiger partial charge in [0.25, 0.3) is 11.5 Å². The maximum Gasteiger partial charge on any atom is 0.278 e. The molecule has 0 bridgehead atoms. The van der Waals surface area contributed by atoms with Crippen molar-refractivity contribution >= 4 is 40.0 Å². The predicted molar refractivity (Wildman–Crippen MR) is 170 cm³/mol. The van der Waals surface area contributed by atoms with Crippen LogP contribution in [0.5, 0.6) is 5.75 Å². The highest BCUT2D eigenvalue weighted by molar-refractivity contribution is 5.98. The number of fused-ring (bicyclic) bond motifs is 2. The van der Waals surface area contributed by atoms with Gasteiger partial charge in [-0.15, -0.1) is 0 Å². The third-order valence-electron chi connectivity index (χ3n) is 8.06. The number of hydrogen-bond donors (Lipinski definition) is 1. The van der Waals surface area contributed by atoms with Crippen LogP contribution >= 0.6 is 0 Å². The Morgan fingerprint density at radius 2 is 1.86 bits per heavy atom. The SMILES string of the molecule is C/C=C\Cn1c(=O)c2cnc(Nc3ccc(N4CCN(C)CC4)c(C)c3)nc2n1-c1ccc2c(c1)N(CCC)C(=O)CO2. The fraction of sp³-hybridized carbons (Fsp3) is 0.375. The quantitative estimate of drug-likeness (QED) is 0.310. The Balaban J connectivity index is 1.39. The summed E-state index contributed by atoms with van der Waals surface area (Å²) in [4.78, 5) is 42.1. The van der Waals surface area contributed by atoms with Gasteiger partial charge in [-0.25, -0.2) is 14.3 Å². The lowest BCUT2D eigenvalue weighted by atomic mass is 10.1. The number of rotatable bonds is 8. The predicted octanol–water partition coefficient (Wildman–Crippen LogP) is 4.10. The van der Waals surface area contributed by atoms with Crippen LogP contribution in [0.1, 0.15) is 25.8 Å². The van der Waals surface area contributed by atoms with Crippen molar-refractivity contribution in [2.75, 3.05) is 61.5 Å². The van der Waals surface area contributed by atoms with Gasteiger partial charge in [0.15, 0.2) is 12.3 Å². The standard InChI is InChI=1S/C32H38N8O3/c1-5-7-13-39-31(42)25-20-33-32(34-23-8-10-26(22(3)18-23)37-16-14-36(4)15-17-37)35-30(25)40(39)24-9-11-28-27(19-24)38(12-6-2)29(41)21-43-28/h5,7-11,18-20H,6,12-17,21H2,1-4H3,(H,33,34,35)/b7-5-. The van der Waals surface area contributed by atoms with E-state index >= 15 is 0 Å². The van der Waals surface area contributed by atoms with Crippen molar-refractivity contribution in [1.29, 1.82) is 0 Å². The van der Waals surface area contributed by atoms with Crippen LogP contribution in [0.4, 0.5) is 23.0 Å². The zero-order valence-electron chi connectivity index (χ0n) is 25.2. The van der Waals surface area contributed by atoms with Gasteiger partial charge in [-0.1, -0.05) is 19.1 Å². The summed E-state index contributed by atoms with van der Waals surface area (Å²) in [5.41, 5.74) is 4.95. The molecular formula is C32H38N8O3. The number of aromatic nitrogens is 4. The van der Waals surface area contributed by atoms with Crippen molar-refractivity contribution in [3.63, 3.8) is 0 Å². The van der Waals surface area contributed by atoms with Gasteiger partial charge in [0.1, 0.15) is 11.1 Å². The number of ether oxygens (including phenoxy) is 1. The molecule has 224 valence electrons. The third-order valence-corrected chi connectivity index (χ3v) is 8.06. The molecule has 0 spiro atoms. The molecular weight excluding hydrogens is 544 g/mol. The number of aryl methyl sites for hydroxylation is 1. The molecule has 2 aliphatic rings. The Kier molecular flexibility index (Phi) is 7.90. The van der Waals surface area contributed by atoms with Gasteiger partial charge in [-0.3, -0.25) is 9.59 Å². The summed E-state index contributed by atoms with van der Waals surface area (Å²) in [5, 5.41) is 3.75. The minimum Gasteiger partial charge on any atom is -0.482 e. The smallest absolute Gasteiger partial charge is 0.278 e. The Morgan fingerprint density at radius 3 is 2.60 bits per heavy atom. The molecule has 2 aromatic carbocycles. The maximum absolute atomic E-state index is 13.6. The van der Waals surface area contributed by atoms with E-state index in [0.29, 0.717) is 47.2 Å². The van der Waals surface area contributed by atoms with Crippen molar-refractivity contribution in [1.82, 2.24) is 24.2 Å². The second-order valence-corrected chi connectivity index (χ2v) is 11.1. The Hall–Kier alpha value is -4.64. The normalized spacial score (nSPS) is 15.8. The first-order chi connectivity index (χ1) is 20.9. The minimum absolute atomic E-state index is 0.0167. The van der Waals surface area contributed by atoms with Crippen LogP contribution in [0.2, 0.25) is 0 Å². The fourth-order valence-electron chi connectivity index (χ4n) is 5.78. The molecule has 0 saturated carbocycles. The number of allylic oxidation sites excluding steroid dienone is 2. The van der Waals surface area contributed by atoms with Crippen molar-refractivity contribution in [2.45, 2.75) is 33.7 Å². The number of piperazine rings is 1. The third kappa shape index (κ3) is 5.48. The molecule has 0 radical (unpaired) electrons. The van der Waals surface area contributed by atoms with Crippen molar-refractivity contribution < 1.29 is 9.53 Å². The summed E-state index contributed by atoms with van der Waals surface area (Å²) < 4.78 is 9.15. The lowest BCUT2D eigenvalue weighted by Crippen LogP contribution is -2.44. The van der Waals surface area contributed by atoms with Gasteiger partial charge in [0.2, 0.25) is 5.95 Å². The number of nitrogens with zero attached hydrogens (tertiary/aromatic N) is 7. The molecule has 1 amide bonds. The van der Waals surface area contributed by atoms with E-state index in [-0.39, 0.29) is 18.1 Å². The van der Waals surface area contributed by atoms with Gasteiger partial charge < -0.3 is 24.8 Å². The van der Waals surface area contributed by atoms with E-state index in [2.05, 4.69) is 46.2 Å². The molecule has 11 nitrogen and oxygen atoms in total. The fourth-order valence-corrected chi connectivity index (χ4v) is 5.78. The average molecular weight is 583 g/mol. The van der Waals surface area contributed by atoms with Gasteiger partial charge in [0.05, 0.1) is 17.9 Å². The summed E-state index contributed by atoms with van der Waals surface area (Å²) in [6.07, 6.45) is 6.22. The lowest BCUT2D eigenvalue weighted by molar-refractivity contribution is -0.121. The molecule has 1 fully saturated rings. The molecule has 1 saturated heterocycles. The first-order valence-electron chi connectivity index (χ1n) is 14.9. The number of likely N-dealkylation sites (N-methyl/N-ethyl adjacent to an activating group) is 1. The highest BCUT2D eigenvalue weighted by Gasteiger charge is 2.26. The minimum atomic E-state index is -0.192. The molecule has 0 aliphatic carbocycles. The first kappa shape index (κ1) is 28.5.